The predicted octanol–water partition coefficient (Wildman–Crippen LogP) is 2.12. The maximum absolute atomic E-state index is 6.22. The Bertz CT molecular complexity index is 556. The summed E-state index contributed by atoms with van der Waals surface area (Å²) in [5.41, 5.74) is 3.31. The Morgan fingerprint density at radius 3 is 2.95 bits per heavy atom. The third kappa shape index (κ3) is 2.05. The number of pyridine rings is 1. The molecule has 1 atom stereocenters. The van der Waals surface area contributed by atoms with E-state index in [0.29, 0.717) is 0 Å². The Morgan fingerprint density at radius 1 is 1.26 bits per heavy atom. The van der Waals surface area contributed by atoms with Crippen LogP contribution in [0.3, 0.4) is 0 Å². The van der Waals surface area contributed by atoms with Crippen LogP contribution in [0, 0.1) is 0 Å². The largest absolute Gasteiger partial charge is 0.364 e. The van der Waals surface area contributed by atoms with Gasteiger partial charge in [-0.2, -0.15) is 0 Å². The van der Waals surface area contributed by atoms with Crippen molar-refractivity contribution in [3.05, 3.63) is 65.5 Å². The summed E-state index contributed by atoms with van der Waals surface area (Å²) >= 11 is 0. The van der Waals surface area contributed by atoms with Crippen molar-refractivity contribution in [3.8, 4) is 0 Å². The molecule has 0 saturated heterocycles. The van der Waals surface area contributed by atoms with E-state index in [9.17, 15) is 0 Å². The summed E-state index contributed by atoms with van der Waals surface area (Å²) in [6.45, 7) is 1.49. The summed E-state index contributed by atoms with van der Waals surface area (Å²) in [4.78, 5) is 4.25. The van der Waals surface area contributed by atoms with E-state index in [1.807, 2.05) is 19.3 Å². The summed E-state index contributed by atoms with van der Waals surface area (Å²) in [7, 11) is 1.96. The van der Waals surface area contributed by atoms with Crippen LogP contribution in [0.15, 0.2) is 48.8 Å². The van der Waals surface area contributed by atoms with Crippen molar-refractivity contribution in [2.24, 2.45) is 0 Å². The van der Waals surface area contributed by atoms with Gasteiger partial charge >= 0.3 is 0 Å². The summed E-state index contributed by atoms with van der Waals surface area (Å²) in [5, 5.41) is 3.26. The van der Waals surface area contributed by atoms with Gasteiger partial charge in [0.2, 0.25) is 0 Å². The van der Waals surface area contributed by atoms with Crippen LogP contribution in [0.5, 0.6) is 0 Å². The van der Waals surface area contributed by atoms with Crippen LogP contribution in [0.1, 0.15) is 16.7 Å². The van der Waals surface area contributed by atoms with E-state index < -0.39 is 5.60 Å². The van der Waals surface area contributed by atoms with Crippen LogP contribution in [-0.4, -0.2) is 25.2 Å². The van der Waals surface area contributed by atoms with Crippen LogP contribution < -0.4 is 5.32 Å². The standard InChI is InChI=1S/C16H18N2O/c1-17-12-16(14-6-4-9-18-11-14)15-7-3-2-5-13(15)8-10-19-16/h2-7,9,11,17H,8,10,12H2,1H3/t16-/m1/s1. The molecular weight excluding hydrogens is 236 g/mol. The van der Waals surface area contributed by atoms with Gasteiger partial charge in [0.25, 0.3) is 0 Å². The van der Waals surface area contributed by atoms with E-state index in [1.54, 1.807) is 6.20 Å². The van der Waals surface area contributed by atoms with Gasteiger partial charge in [0.1, 0.15) is 5.60 Å². The van der Waals surface area contributed by atoms with E-state index in [1.165, 1.54) is 11.1 Å². The topological polar surface area (TPSA) is 34.2 Å². The highest BCUT2D eigenvalue weighted by Gasteiger charge is 2.39. The molecule has 0 unspecified atom stereocenters. The smallest absolute Gasteiger partial charge is 0.132 e. The molecule has 1 aliphatic rings. The number of ether oxygens (including phenoxy) is 1. The zero-order valence-electron chi connectivity index (χ0n) is 11.1. The van der Waals surface area contributed by atoms with Crippen molar-refractivity contribution in [3.63, 3.8) is 0 Å². The molecular formula is C16H18N2O. The second kappa shape index (κ2) is 5.11. The normalized spacial score (nSPS) is 21.9. The molecule has 0 amide bonds. The minimum absolute atomic E-state index is 0.419. The van der Waals surface area contributed by atoms with Crippen LogP contribution in [-0.2, 0) is 16.8 Å². The first kappa shape index (κ1) is 12.3. The fourth-order valence-electron chi connectivity index (χ4n) is 2.88. The molecule has 1 aliphatic heterocycles. The van der Waals surface area contributed by atoms with E-state index in [-0.39, 0.29) is 0 Å². The first-order valence-electron chi connectivity index (χ1n) is 6.64. The Hall–Kier alpha value is -1.71. The number of fused-ring (bicyclic) bond motifs is 1. The van der Waals surface area contributed by atoms with Gasteiger partial charge in [0, 0.05) is 24.5 Å². The summed E-state index contributed by atoms with van der Waals surface area (Å²) in [6, 6.07) is 12.6. The van der Waals surface area contributed by atoms with Gasteiger partial charge in [-0.25, -0.2) is 0 Å². The molecule has 1 aromatic heterocycles. The number of rotatable bonds is 3. The van der Waals surface area contributed by atoms with Crippen molar-refractivity contribution in [2.45, 2.75) is 12.0 Å². The maximum atomic E-state index is 6.22. The lowest BCUT2D eigenvalue weighted by Crippen LogP contribution is -2.44. The molecule has 1 aromatic carbocycles. The number of likely N-dealkylation sites (N-methyl/N-ethyl adjacent to an activating group) is 1. The molecule has 2 aromatic rings. The molecule has 19 heavy (non-hydrogen) atoms. The highest BCUT2D eigenvalue weighted by atomic mass is 16.5. The van der Waals surface area contributed by atoms with Gasteiger partial charge in [0.05, 0.1) is 6.61 Å². The Morgan fingerprint density at radius 2 is 2.16 bits per heavy atom. The summed E-state index contributed by atoms with van der Waals surface area (Å²) in [6.07, 6.45) is 4.67. The molecule has 3 heteroatoms. The Labute approximate surface area is 113 Å². The number of nitrogens with zero attached hydrogens (tertiary/aromatic N) is 1. The van der Waals surface area contributed by atoms with Crippen LogP contribution in [0.4, 0.5) is 0 Å². The lowest BCUT2D eigenvalue weighted by Gasteiger charge is -2.39. The summed E-state index contributed by atoms with van der Waals surface area (Å²) < 4.78 is 6.22. The van der Waals surface area contributed by atoms with Gasteiger partial charge < -0.3 is 10.1 Å². The Kier molecular flexibility index (Phi) is 3.32. The molecule has 1 N–H and O–H groups in total. The second-order valence-corrected chi connectivity index (χ2v) is 4.85. The van der Waals surface area contributed by atoms with Gasteiger partial charge in [-0.3, -0.25) is 4.98 Å². The highest BCUT2D eigenvalue weighted by Crippen LogP contribution is 2.38. The monoisotopic (exact) mass is 254 g/mol. The first-order chi connectivity index (χ1) is 9.37. The van der Waals surface area contributed by atoms with Crippen molar-refractivity contribution < 1.29 is 4.74 Å². The molecule has 0 radical (unpaired) electrons. The molecule has 2 heterocycles. The highest BCUT2D eigenvalue weighted by molar-refractivity contribution is 5.42. The SMILES string of the molecule is CNC[C@]1(c2cccnc2)OCCc2ccccc21. The van der Waals surface area contributed by atoms with Crippen LogP contribution in [0.2, 0.25) is 0 Å². The zero-order chi connectivity index (χ0) is 13.1. The molecule has 3 nitrogen and oxygen atoms in total. The number of benzene rings is 1. The zero-order valence-corrected chi connectivity index (χ0v) is 11.1. The van der Waals surface area contributed by atoms with Gasteiger partial charge in [0.15, 0.2) is 0 Å². The molecule has 3 rings (SSSR count). The minimum atomic E-state index is -0.419. The Balaban J connectivity index is 2.17. The number of hydrogen-bond acceptors (Lipinski definition) is 3. The molecule has 0 fully saturated rings. The molecule has 0 saturated carbocycles. The predicted molar refractivity (Wildman–Crippen MR) is 75.0 cm³/mol. The second-order valence-electron chi connectivity index (χ2n) is 4.85. The number of nitrogens with one attached hydrogen (secondary N) is 1. The van der Waals surface area contributed by atoms with E-state index >= 15 is 0 Å². The van der Waals surface area contributed by atoms with E-state index in [0.717, 1.165) is 25.1 Å². The van der Waals surface area contributed by atoms with Crippen molar-refractivity contribution in [1.29, 1.82) is 0 Å². The van der Waals surface area contributed by atoms with Crippen LogP contribution >= 0.6 is 0 Å². The number of aromatic nitrogens is 1. The molecule has 0 spiro atoms. The molecule has 0 bridgehead atoms. The van der Waals surface area contributed by atoms with Crippen molar-refractivity contribution in [1.82, 2.24) is 10.3 Å². The third-order valence-corrected chi connectivity index (χ3v) is 3.73. The fraction of sp³-hybridized carbons (Fsp3) is 0.312. The minimum Gasteiger partial charge on any atom is -0.364 e. The van der Waals surface area contributed by atoms with Gasteiger partial charge in [-0.05, 0) is 30.7 Å². The average Bonchev–Trinajstić information content (AvgIpc) is 2.49. The van der Waals surface area contributed by atoms with E-state index in [2.05, 4.69) is 40.6 Å². The number of hydrogen-bond donors (Lipinski definition) is 1. The molecule has 98 valence electrons. The maximum Gasteiger partial charge on any atom is 0.132 e. The van der Waals surface area contributed by atoms with E-state index in [4.69, 9.17) is 4.74 Å². The van der Waals surface area contributed by atoms with Crippen molar-refractivity contribution >= 4 is 0 Å². The quantitative estimate of drug-likeness (QED) is 0.911. The first-order valence-corrected chi connectivity index (χ1v) is 6.64. The van der Waals surface area contributed by atoms with Gasteiger partial charge in [-0.15, -0.1) is 0 Å². The van der Waals surface area contributed by atoms with Crippen molar-refractivity contribution in [2.75, 3.05) is 20.2 Å². The van der Waals surface area contributed by atoms with Gasteiger partial charge in [-0.1, -0.05) is 30.3 Å². The fourth-order valence-corrected chi connectivity index (χ4v) is 2.88. The van der Waals surface area contributed by atoms with Crippen LogP contribution in [0.25, 0.3) is 0 Å². The average molecular weight is 254 g/mol. The summed E-state index contributed by atoms with van der Waals surface area (Å²) in [5.74, 6) is 0. The lowest BCUT2D eigenvalue weighted by atomic mass is 9.81. The molecule has 0 aliphatic carbocycles. The third-order valence-electron chi connectivity index (χ3n) is 3.73. The lowest BCUT2D eigenvalue weighted by molar-refractivity contribution is -0.0265.